The van der Waals surface area contributed by atoms with Gasteiger partial charge in [0.2, 0.25) is 0 Å². The van der Waals surface area contributed by atoms with Gasteiger partial charge in [-0.2, -0.15) is 0 Å². The van der Waals surface area contributed by atoms with Crippen LogP contribution < -0.4 is 0 Å². The predicted molar refractivity (Wildman–Crippen MR) is 130 cm³/mol. The topological polar surface area (TPSA) is 0 Å². The van der Waals surface area contributed by atoms with E-state index in [1.165, 1.54) is 72.3 Å². The van der Waals surface area contributed by atoms with Gasteiger partial charge < -0.3 is 0 Å². The van der Waals surface area contributed by atoms with E-state index < -0.39 is 0 Å². The van der Waals surface area contributed by atoms with Crippen molar-refractivity contribution < 1.29 is 0 Å². The van der Waals surface area contributed by atoms with Crippen LogP contribution in [0.15, 0.2) is 58.3 Å². The second-order valence-corrected chi connectivity index (χ2v) is 10.4. The van der Waals surface area contributed by atoms with E-state index in [4.69, 9.17) is 0 Å². The molecule has 0 amide bonds. The summed E-state index contributed by atoms with van der Waals surface area (Å²) in [5.74, 6) is 1.34. The standard InChI is InChI=1S/C26H38S2/c1-5-7-9-11-21(3)23-13-17-25(18-14-23)27-28-26-19-15-24(16-20-26)22(4)12-10-8-6-2/h13-22H,5-12H2,1-4H3. The highest BCUT2D eigenvalue weighted by atomic mass is 33.1. The molecular formula is C26H38S2. The van der Waals surface area contributed by atoms with Gasteiger partial charge in [0, 0.05) is 9.79 Å². The van der Waals surface area contributed by atoms with Crippen molar-refractivity contribution in [2.75, 3.05) is 0 Å². The van der Waals surface area contributed by atoms with Gasteiger partial charge in [-0.3, -0.25) is 0 Å². The van der Waals surface area contributed by atoms with Crippen molar-refractivity contribution in [2.24, 2.45) is 0 Å². The molecule has 0 spiro atoms. The summed E-state index contributed by atoms with van der Waals surface area (Å²) in [5, 5.41) is 0. The largest absolute Gasteiger partial charge is 0.0654 e. The van der Waals surface area contributed by atoms with Gasteiger partial charge in [0.05, 0.1) is 0 Å². The van der Waals surface area contributed by atoms with Crippen molar-refractivity contribution >= 4 is 21.6 Å². The Morgan fingerprint density at radius 1 is 0.571 bits per heavy atom. The third-order valence-electron chi connectivity index (χ3n) is 5.61. The van der Waals surface area contributed by atoms with Crippen LogP contribution in [-0.2, 0) is 0 Å². The van der Waals surface area contributed by atoms with Crippen LogP contribution in [-0.4, -0.2) is 0 Å². The molecule has 0 saturated carbocycles. The molecule has 2 aromatic carbocycles. The third-order valence-corrected chi connectivity index (χ3v) is 8.03. The zero-order valence-electron chi connectivity index (χ0n) is 18.2. The van der Waals surface area contributed by atoms with Gasteiger partial charge in [0.15, 0.2) is 0 Å². The molecule has 0 N–H and O–H groups in total. The van der Waals surface area contributed by atoms with Crippen LogP contribution in [0.5, 0.6) is 0 Å². The first-order valence-electron chi connectivity index (χ1n) is 11.2. The highest BCUT2D eigenvalue weighted by molar-refractivity contribution is 8.76. The summed E-state index contributed by atoms with van der Waals surface area (Å²) in [7, 11) is 3.73. The zero-order chi connectivity index (χ0) is 20.2. The molecule has 0 aliphatic rings. The first kappa shape index (κ1) is 23.4. The summed E-state index contributed by atoms with van der Waals surface area (Å²) in [6.07, 6.45) is 10.6. The maximum atomic E-state index is 2.36. The van der Waals surface area contributed by atoms with Crippen LogP contribution in [0.2, 0.25) is 0 Å². The summed E-state index contributed by atoms with van der Waals surface area (Å²) in [4.78, 5) is 2.68. The number of hydrogen-bond acceptors (Lipinski definition) is 2. The fourth-order valence-corrected chi connectivity index (χ4v) is 5.47. The summed E-state index contributed by atoms with van der Waals surface area (Å²) >= 11 is 0. The lowest BCUT2D eigenvalue weighted by Crippen LogP contribution is -1.93. The van der Waals surface area contributed by atoms with Crippen molar-refractivity contribution in [3.8, 4) is 0 Å². The lowest BCUT2D eigenvalue weighted by Gasteiger charge is -2.13. The predicted octanol–water partition coefficient (Wildman–Crippen LogP) is 9.85. The van der Waals surface area contributed by atoms with Crippen molar-refractivity contribution in [1.82, 2.24) is 0 Å². The van der Waals surface area contributed by atoms with Crippen molar-refractivity contribution in [1.29, 1.82) is 0 Å². The second-order valence-electron chi connectivity index (χ2n) is 8.10. The molecular weight excluding hydrogens is 376 g/mol. The molecule has 0 fully saturated rings. The Labute approximate surface area is 181 Å². The van der Waals surface area contributed by atoms with E-state index in [1.54, 1.807) is 0 Å². The fraction of sp³-hybridized carbons (Fsp3) is 0.538. The molecule has 2 atom stereocenters. The number of rotatable bonds is 13. The average Bonchev–Trinajstić information content (AvgIpc) is 2.73. The Bertz CT molecular complexity index is 586. The molecule has 0 saturated heterocycles. The maximum Gasteiger partial charge on any atom is 0.0186 e. The SMILES string of the molecule is CCCCCC(C)c1ccc(SSc2ccc(C(C)CCCCC)cc2)cc1. The minimum absolute atomic E-state index is 0.671. The number of benzene rings is 2. The number of unbranched alkanes of at least 4 members (excludes halogenated alkanes) is 4. The van der Waals surface area contributed by atoms with Crippen LogP contribution in [0.1, 0.15) is 102 Å². The van der Waals surface area contributed by atoms with Gasteiger partial charge in [-0.05, 0) is 60.1 Å². The molecule has 0 nitrogen and oxygen atoms in total. The van der Waals surface area contributed by atoms with Crippen LogP contribution in [0, 0.1) is 0 Å². The van der Waals surface area contributed by atoms with Gasteiger partial charge in [-0.15, -0.1) is 0 Å². The summed E-state index contributed by atoms with van der Waals surface area (Å²) < 4.78 is 0. The molecule has 2 heteroatoms. The third kappa shape index (κ3) is 8.25. The van der Waals surface area contributed by atoms with E-state index in [-0.39, 0.29) is 0 Å². The van der Waals surface area contributed by atoms with Gasteiger partial charge >= 0.3 is 0 Å². The Morgan fingerprint density at radius 2 is 0.929 bits per heavy atom. The summed E-state index contributed by atoms with van der Waals surface area (Å²) in [5.41, 5.74) is 2.96. The van der Waals surface area contributed by atoms with E-state index in [2.05, 4.69) is 76.2 Å². The highest BCUT2D eigenvalue weighted by Gasteiger charge is 2.07. The fourth-order valence-electron chi connectivity index (χ4n) is 3.53. The molecule has 0 bridgehead atoms. The highest BCUT2D eigenvalue weighted by Crippen LogP contribution is 2.38. The van der Waals surface area contributed by atoms with Crippen LogP contribution >= 0.6 is 21.6 Å². The lowest BCUT2D eigenvalue weighted by molar-refractivity contribution is 0.598. The summed E-state index contributed by atoms with van der Waals surface area (Å²) in [6.45, 7) is 9.26. The normalized spacial score (nSPS) is 13.4. The van der Waals surface area contributed by atoms with Gasteiger partial charge in [-0.1, -0.05) is 112 Å². The molecule has 0 aliphatic carbocycles. The van der Waals surface area contributed by atoms with E-state index in [1.807, 2.05) is 21.6 Å². The second kappa shape index (κ2) is 13.4. The van der Waals surface area contributed by atoms with Crippen molar-refractivity contribution in [3.63, 3.8) is 0 Å². The van der Waals surface area contributed by atoms with Gasteiger partial charge in [0.1, 0.15) is 0 Å². The van der Waals surface area contributed by atoms with Crippen LogP contribution in [0.25, 0.3) is 0 Å². The maximum absolute atomic E-state index is 2.36. The van der Waals surface area contributed by atoms with Crippen LogP contribution in [0.4, 0.5) is 0 Å². The molecule has 28 heavy (non-hydrogen) atoms. The van der Waals surface area contributed by atoms with Gasteiger partial charge in [0.25, 0.3) is 0 Å². The first-order chi connectivity index (χ1) is 13.6. The monoisotopic (exact) mass is 414 g/mol. The van der Waals surface area contributed by atoms with E-state index in [0.29, 0.717) is 11.8 Å². The Morgan fingerprint density at radius 3 is 1.25 bits per heavy atom. The summed E-state index contributed by atoms with van der Waals surface area (Å²) in [6, 6.07) is 18.4. The molecule has 0 radical (unpaired) electrons. The lowest BCUT2D eigenvalue weighted by atomic mass is 9.95. The smallest absolute Gasteiger partial charge is 0.0186 e. The molecule has 2 unspecified atom stereocenters. The van der Waals surface area contributed by atoms with Gasteiger partial charge in [-0.25, -0.2) is 0 Å². The van der Waals surface area contributed by atoms with E-state index >= 15 is 0 Å². The molecule has 0 heterocycles. The van der Waals surface area contributed by atoms with Crippen molar-refractivity contribution in [3.05, 3.63) is 59.7 Å². The van der Waals surface area contributed by atoms with E-state index in [0.717, 1.165) is 0 Å². The molecule has 2 rings (SSSR count). The first-order valence-corrected chi connectivity index (χ1v) is 13.3. The molecule has 0 aromatic heterocycles. The quantitative estimate of drug-likeness (QED) is 0.236. The van der Waals surface area contributed by atoms with Crippen LogP contribution in [0.3, 0.4) is 0 Å². The van der Waals surface area contributed by atoms with E-state index in [9.17, 15) is 0 Å². The minimum atomic E-state index is 0.671. The Balaban J connectivity index is 1.80. The molecule has 154 valence electrons. The Hall–Kier alpha value is -0.860. The van der Waals surface area contributed by atoms with Crippen molar-refractivity contribution in [2.45, 2.75) is 101 Å². The number of hydrogen-bond donors (Lipinski definition) is 0. The minimum Gasteiger partial charge on any atom is -0.0654 e. The Kier molecular flexibility index (Phi) is 11.2. The average molecular weight is 415 g/mol. The zero-order valence-corrected chi connectivity index (χ0v) is 19.9. The molecule has 0 aliphatic heterocycles. The molecule has 2 aromatic rings.